The highest BCUT2D eigenvalue weighted by molar-refractivity contribution is 7.18. The van der Waals surface area contributed by atoms with Crippen molar-refractivity contribution >= 4 is 44.7 Å². The van der Waals surface area contributed by atoms with Gasteiger partial charge in [0.1, 0.15) is 11.1 Å². The first-order valence-electron chi connectivity index (χ1n) is 9.31. The number of halogens is 1. The number of amides is 1. The summed E-state index contributed by atoms with van der Waals surface area (Å²) in [5.74, 6) is 0.360. The average Bonchev–Trinajstić information content (AvgIpc) is 3.12. The van der Waals surface area contributed by atoms with Crippen molar-refractivity contribution in [2.75, 3.05) is 25.0 Å². The number of likely N-dealkylation sites (tertiary alicyclic amines) is 1. The first kappa shape index (κ1) is 18.9. The molecule has 1 amide bonds. The molecule has 1 fully saturated rings. The minimum Gasteiger partial charge on any atom is -0.327 e. The molecule has 2 heterocycles. The summed E-state index contributed by atoms with van der Waals surface area (Å²) in [6.07, 6.45) is 2.21. The number of hydrogen-bond donors (Lipinski definition) is 2. The molecule has 142 valence electrons. The number of carbonyl (C=O) groups is 1. The Kier molecular flexibility index (Phi) is 5.58. The summed E-state index contributed by atoms with van der Waals surface area (Å²) in [7, 11) is 0. The first-order chi connectivity index (χ1) is 13.6. The molecule has 0 saturated carbocycles. The van der Waals surface area contributed by atoms with Gasteiger partial charge in [-0.2, -0.15) is 5.26 Å². The van der Waals surface area contributed by atoms with Gasteiger partial charge in [0.05, 0.1) is 39.8 Å². The number of thiazole rings is 1. The largest absolute Gasteiger partial charge is 0.327 e. The quantitative estimate of drug-likeness (QED) is 0.692. The van der Waals surface area contributed by atoms with E-state index in [4.69, 9.17) is 21.8 Å². The molecule has 1 unspecified atom stereocenters. The van der Waals surface area contributed by atoms with Gasteiger partial charge in [-0.1, -0.05) is 23.7 Å². The molecular formula is C21H20ClN4OS+. The number of quaternary nitrogens is 1. The maximum atomic E-state index is 12.5. The van der Waals surface area contributed by atoms with Gasteiger partial charge in [-0.15, -0.1) is 11.3 Å². The van der Waals surface area contributed by atoms with Crippen LogP contribution in [-0.4, -0.2) is 30.5 Å². The molecule has 0 radical (unpaired) electrons. The van der Waals surface area contributed by atoms with Gasteiger partial charge in [0.25, 0.3) is 5.91 Å². The third-order valence-electron chi connectivity index (χ3n) is 5.06. The second kappa shape index (κ2) is 8.27. The third kappa shape index (κ3) is 4.17. The van der Waals surface area contributed by atoms with E-state index in [0.717, 1.165) is 31.4 Å². The van der Waals surface area contributed by atoms with Gasteiger partial charge in [0.2, 0.25) is 0 Å². The Labute approximate surface area is 172 Å². The van der Waals surface area contributed by atoms with Gasteiger partial charge in [-0.05, 0) is 43.2 Å². The average molecular weight is 412 g/mol. The summed E-state index contributed by atoms with van der Waals surface area (Å²) < 4.78 is 1.22. The number of piperidine rings is 1. The number of carbonyl (C=O) groups excluding carboxylic acids is 1. The van der Waals surface area contributed by atoms with Crippen molar-refractivity contribution in [3.8, 4) is 6.07 Å². The van der Waals surface area contributed by atoms with Crippen molar-refractivity contribution in [3.05, 3.63) is 58.1 Å². The lowest BCUT2D eigenvalue weighted by atomic mass is 9.99. The first-order valence-corrected chi connectivity index (χ1v) is 10.5. The van der Waals surface area contributed by atoms with Crippen LogP contribution in [0.25, 0.3) is 10.2 Å². The highest BCUT2D eigenvalue weighted by Gasteiger charge is 2.28. The summed E-state index contributed by atoms with van der Waals surface area (Å²) in [6.45, 7) is 2.32. The monoisotopic (exact) mass is 411 g/mol. The number of nitrogens with one attached hydrogen (secondary N) is 2. The van der Waals surface area contributed by atoms with Crippen molar-refractivity contribution in [2.24, 2.45) is 0 Å². The predicted octanol–water partition coefficient (Wildman–Crippen LogP) is 3.22. The lowest BCUT2D eigenvalue weighted by molar-refractivity contribution is -0.898. The van der Waals surface area contributed by atoms with Gasteiger partial charge in [0, 0.05) is 5.69 Å². The van der Waals surface area contributed by atoms with E-state index in [1.54, 1.807) is 29.5 Å². The molecule has 1 aliphatic heterocycles. The van der Waals surface area contributed by atoms with Gasteiger partial charge in [0.15, 0.2) is 6.54 Å². The molecule has 5 nitrogen and oxygen atoms in total. The zero-order valence-electron chi connectivity index (χ0n) is 15.2. The summed E-state index contributed by atoms with van der Waals surface area (Å²) in [6, 6.07) is 15.2. The molecule has 1 saturated heterocycles. The number of rotatable bonds is 4. The van der Waals surface area contributed by atoms with Crippen LogP contribution in [0.4, 0.5) is 5.69 Å². The number of nitrogens with zero attached hydrogens (tertiary/aromatic N) is 2. The van der Waals surface area contributed by atoms with Crippen molar-refractivity contribution in [2.45, 2.75) is 18.8 Å². The molecule has 7 heteroatoms. The van der Waals surface area contributed by atoms with Crippen LogP contribution < -0.4 is 10.2 Å². The van der Waals surface area contributed by atoms with E-state index in [9.17, 15) is 4.79 Å². The predicted molar refractivity (Wildman–Crippen MR) is 112 cm³/mol. The van der Waals surface area contributed by atoms with Crippen LogP contribution in [0.1, 0.15) is 29.3 Å². The molecule has 1 aliphatic rings. The molecule has 0 aliphatic carbocycles. The van der Waals surface area contributed by atoms with Crippen molar-refractivity contribution in [1.82, 2.24) is 4.98 Å². The smallest absolute Gasteiger partial charge is 0.279 e. The Balaban J connectivity index is 1.38. The van der Waals surface area contributed by atoms with Crippen molar-refractivity contribution in [3.63, 3.8) is 0 Å². The number of anilines is 1. The van der Waals surface area contributed by atoms with E-state index in [1.807, 2.05) is 18.2 Å². The molecule has 2 N–H and O–H groups in total. The highest BCUT2D eigenvalue weighted by atomic mass is 35.5. The topological polar surface area (TPSA) is 70.2 Å². The van der Waals surface area contributed by atoms with E-state index < -0.39 is 0 Å². The SMILES string of the molecule is N#Cc1ccc(NC(=O)C[NH+]2CCC[C@H](c3nc4ccccc4s3)C2)cc1Cl. The lowest BCUT2D eigenvalue weighted by Crippen LogP contribution is -3.14. The van der Waals surface area contributed by atoms with Crippen molar-refractivity contribution in [1.29, 1.82) is 5.26 Å². The summed E-state index contributed by atoms with van der Waals surface area (Å²) in [5, 5.41) is 13.4. The van der Waals surface area contributed by atoms with Crippen LogP contribution in [0.5, 0.6) is 0 Å². The zero-order valence-corrected chi connectivity index (χ0v) is 16.8. The van der Waals surface area contributed by atoms with Gasteiger partial charge < -0.3 is 10.2 Å². The molecule has 4 rings (SSSR count). The Morgan fingerprint density at radius 1 is 1.36 bits per heavy atom. The lowest BCUT2D eigenvalue weighted by Gasteiger charge is -2.28. The maximum absolute atomic E-state index is 12.5. The molecule has 0 bridgehead atoms. The van der Waals surface area contributed by atoms with Gasteiger partial charge >= 0.3 is 0 Å². The van der Waals surface area contributed by atoms with E-state index in [-0.39, 0.29) is 5.91 Å². The fourth-order valence-electron chi connectivity index (χ4n) is 3.70. The molecule has 1 aromatic heterocycles. The van der Waals surface area contributed by atoms with Crippen LogP contribution in [-0.2, 0) is 4.79 Å². The minimum absolute atomic E-state index is 0.0410. The fourth-order valence-corrected chi connectivity index (χ4v) is 5.03. The number of aromatic nitrogens is 1. The summed E-state index contributed by atoms with van der Waals surface area (Å²) in [4.78, 5) is 18.6. The van der Waals surface area contributed by atoms with E-state index in [2.05, 4.69) is 17.4 Å². The maximum Gasteiger partial charge on any atom is 0.279 e. The van der Waals surface area contributed by atoms with E-state index in [1.165, 1.54) is 14.6 Å². The molecular weight excluding hydrogens is 392 g/mol. The highest BCUT2D eigenvalue weighted by Crippen LogP contribution is 2.30. The number of hydrogen-bond acceptors (Lipinski definition) is 4. The molecule has 28 heavy (non-hydrogen) atoms. The Morgan fingerprint density at radius 2 is 2.21 bits per heavy atom. The van der Waals surface area contributed by atoms with Crippen LogP contribution >= 0.6 is 22.9 Å². The van der Waals surface area contributed by atoms with Crippen LogP contribution in [0.2, 0.25) is 5.02 Å². The minimum atomic E-state index is -0.0410. The number of para-hydroxylation sites is 1. The van der Waals surface area contributed by atoms with Crippen LogP contribution in [0, 0.1) is 11.3 Å². The normalized spacial score (nSPS) is 19.3. The standard InChI is InChI=1S/C21H19ClN4OS/c22-17-10-16(8-7-14(17)11-23)24-20(27)13-26-9-3-4-15(12-26)21-25-18-5-1-2-6-19(18)28-21/h1-2,5-8,10,15H,3-4,9,12-13H2,(H,24,27)/p+1/t15-/m0/s1. The number of fused-ring (bicyclic) bond motifs is 1. The van der Waals surface area contributed by atoms with E-state index in [0.29, 0.717) is 28.7 Å². The summed E-state index contributed by atoms with van der Waals surface area (Å²) >= 11 is 7.81. The Hall–Kier alpha value is -2.46. The van der Waals surface area contributed by atoms with Crippen LogP contribution in [0.15, 0.2) is 42.5 Å². The van der Waals surface area contributed by atoms with Gasteiger partial charge in [-0.25, -0.2) is 4.98 Å². The summed E-state index contributed by atoms with van der Waals surface area (Å²) in [5.41, 5.74) is 2.08. The Bertz CT molecular complexity index is 1020. The second-order valence-corrected chi connectivity index (χ2v) is 8.56. The third-order valence-corrected chi connectivity index (χ3v) is 6.57. The Morgan fingerprint density at radius 3 is 3.00 bits per heavy atom. The molecule has 2 atom stereocenters. The zero-order chi connectivity index (χ0) is 19.5. The molecule has 3 aromatic rings. The van der Waals surface area contributed by atoms with Gasteiger partial charge in [-0.3, -0.25) is 4.79 Å². The number of benzene rings is 2. The number of nitriles is 1. The van der Waals surface area contributed by atoms with E-state index >= 15 is 0 Å². The fraction of sp³-hybridized carbons (Fsp3) is 0.286. The van der Waals surface area contributed by atoms with Crippen LogP contribution in [0.3, 0.4) is 0 Å². The second-order valence-electron chi connectivity index (χ2n) is 7.09. The molecule has 0 spiro atoms. The molecule has 2 aromatic carbocycles. The van der Waals surface area contributed by atoms with Crippen molar-refractivity contribution < 1.29 is 9.69 Å².